The summed E-state index contributed by atoms with van der Waals surface area (Å²) in [6, 6.07) is 0. The molecule has 76 valence electrons. The maximum absolute atomic E-state index is 11.4. The third kappa shape index (κ3) is 2.47. The number of ether oxygens (including phenoxy) is 1. The highest BCUT2D eigenvalue weighted by Gasteiger charge is 2.40. The molecule has 0 radical (unpaired) electrons. The fourth-order valence-electron chi connectivity index (χ4n) is 1.75. The van der Waals surface area contributed by atoms with Crippen LogP contribution in [0, 0.1) is 21.7 Å². The molecule has 0 aromatic carbocycles. The Morgan fingerprint density at radius 3 is 3.00 bits per heavy atom. The van der Waals surface area contributed by atoms with Crippen LogP contribution >= 0.6 is 22.6 Å². The van der Waals surface area contributed by atoms with E-state index in [1.165, 1.54) is 7.11 Å². The number of hydrogen-bond donors (Lipinski definition) is 0. The fraction of sp³-hybridized carbons (Fsp3) is 0.600. The van der Waals surface area contributed by atoms with E-state index in [-0.39, 0.29) is 11.7 Å². The molecule has 0 amide bonds. The molecule has 0 saturated heterocycles. The molecule has 1 rings (SSSR count). The molecule has 0 bridgehead atoms. The lowest BCUT2D eigenvalue weighted by Crippen LogP contribution is -2.25. The minimum absolute atomic E-state index is 0.00268. The van der Waals surface area contributed by atoms with Crippen molar-refractivity contribution in [3.8, 4) is 9.85 Å². The molecule has 0 N–H and O–H groups in total. The molecular weight excluding hydrogens is 295 g/mol. The van der Waals surface area contributed by atoms with Gasteiger partial charge >= 0.3 is 5.97 Å². The van der Waals surface area contributed by atoms with Gasteiger partial charge in [-0.15, -0.1) is 0 Å². The molecule has 1 aliphatic carbocycles. The molecule has 0 spiro atoms. The second-order valence-electron chi connectivity index (χ2n) is 3.24. The Morgan fingerprint density at radius 1 is 1.71 bits per heavy atom. The molecule has 0 aliphatic heterocycles. The highest BCUT2D eigenvalue weighted by Crippen LogP contribution is 2.31. The average molecular weight is 306 g/mol. The zero-order valence-electron chi connectivity index (χ0n) is 7.88. The summed E-state index contributed by atoms with van der Waals surface area (Å²) in [6.07, 6.45) is 1.84. The van der Waals surface area contributed by atoms with Gasteiger partial charge in [0.25, 0.3) is 0 Å². The third-order valence-corrected chi connectivity index (χ3v) is 2.85. The van der Waals surface area contributed by atoms with Gasteiger partial charge in [0.05, 0.1) is 7.11 Å². The van der Waals surface area contributed by atoms with Crippen molar-refractivity contribution in [1.29, 1.82) is 0 Å². The number of methoxy groups -OCH3 is 1. The fourth-order valence-corrected chi connectivity index (χ4v) is 1.97. The molecule has 0 aromatic rings. The molecule has 0 heterocycles. The summed E-state index contributed by atoms with van der Waals surface area (Å²) in [7, 11) is 1.31. The minimum atomic E-state index is -0.572. The smallest absolute Gasteiger partial charge is 0.316 e. The Morgan fingerprint density at radius 2 is 2.43 bits per heavy atom. The van der Waals surface area contributed by atoms with Gasteiger partial charge in [0, 0.05) is 35.4 Å². The summed E-state index contributed by atoms with van der Waals surface area (Å²) in [5.74, 6) is 1.97. The van der Waals surface area contributed by atoms with Gasteiger partial charge in [-0.2, -0.15) is 0 Å². The largest absolute Gasteiger partial charge is 0.468 e. The molecule has 14 heavy (non-hydrogen) atoms. The Kier molecular flexibility index (Phi) is 4.39. The highest BCUT2D eigenvalue weighted by molar-refractivity contribution is 14.1. The Bertz CT molecular complexity index is 300. The van der Waals surface area contributed by atoms with Gasteiger partial charge in [-0.1, -0.05) is 5.92 Å². The van der Waals surface area contributed by atoms with Gasteiger partial charge in [0.1, 0.15) is 11.7 Å². The van der Waals surface area contributed by atoms with Gasteiger partial charge in [0.15, 0.2) is 0 Å². The van der Waals surface area contributed by atoms with Crippen LogP contribution in [0.2, 0.25) is 0 Å². The normalized spacial score (nSPS) is 25.4. The zero-order chi connectivity index (χ0) is 10.6. The summed E-state index contributed by atoms with van der Waals surface area (Å²) in [6.45, 7) is 0. The molecule has 4 heteroatoms. The minimum Gasteiger partial charge on any atom is -0.468 e. The molecular formula is C10H11IO3. The van der Waals surface area contributed by atoms with Crippen LogP contribution in [-0.4, -0.2) is 18.9 Å². The number of halogens is 1. The van der Waals surface area contributed by atoms with Crippen LogP contribution in [0.5, 0.6) is 0 Å². The van der Waals surface area contributed by atoms with Crippen molar-refractivity contribution in [3.05, 3.63) is 0 Å². The number of esters is 1. The summed E-state index contributed by atoms with van der Waals surface area (Å²) in [5.41, 5.74) is 0. The summed E-state index contributed by atoms with van der Waals surface area (Å²) in [4.78, 5) is 22.7. The van der Waals surface area contributed by atoms with Crippen LogP contribution in [-0.2, 0) is 14.3 Å². The van der Waals surface area contributed by atoms with E-state index in [4.69, 9.17) is 0 Å². The van der Waals surface area contributed by atoms with Crippen molar-refractivity contribution in [2.45, 2.75) is 19.3 Å². The van der Waals surface area contributed by atoms with Crippen LogP contribution in [0.15, 0.2) is 0 Å². The number of hydrogen-bond acceptors (Lipinski definition) is 3. The van der Waals surface area contributed by atoms with Gasteiger partial charge in [-0.25, -0.2) is 0 Å². The number of carbonyl (C=O) groups excluding carboxylic acids is 2. The summed E-state index contributed by atoms with van der Waals surface area (Å²) >= 11 is 1.95. The van der Waals surface area contributed by atoms with Crippen molar-refractivity contribution < 1.29 is 14.3 Å². The van der Waals surface area contributed by atoms with E-state index in [0.717, 1.165) is 6.42 Å². The zero-order valence-corrected chi connectivity index (χ0v) is 10.0. The van der Waals surface area contributed by atoms with Crippen LogP contribution in [0.1, 0.15) is 19.3 Å². The van der Waals surface area contributed by atoms with E-state index < -0.39 is 11.9 Å². The Hall–Kier alpha value is -0.570. The van der Waals surface area contributed by atoms with Crippen molar-refractivity contribution >= 4 is 34.3 Å². The monoisotopic (exact) mass is 306 g/mol. The number of rotatable bonds is 2. The first-order valence-corrected chi connectivity index (χ1v) is 5.47. The quantitative estimate of drug-likeness (QED) is 0.336. The summed E-state index contributed by atoms with van der Waals surface area (Å²) in [5, 5.41) is 0. The molecule has 1 fully saturated rings. The SMILES string of the molecule is COC(=O)C1C(=O)CCC1CC#CI. The van der Waals surface area contributed by atoms with Crippen molar-refractivity contribution in [1.82, 2.24) is 0 Å². The summed E-state index contributed by atoms with van der Waals surface area (Å²) < 4.78 is 7.35. The van der Waals surface area contributed by atoms with Crippen LogP contribution < -0.4 is 0 Å². The van der Waals surface area contributed by atoms with E-state index >= 15 is 0 Å². The van der Waals surface area contributed by atoms with E-state index in [9.17, 15) is 9.59 Å². The van der Waals surface area contributed by atoms with E-state index in [2.05, 4.69) is 14.6 Å². The number of carbonyl (C=O) groups is 2. The number of Topliss-reactive ketones (excluding diaryl/α,β-unsaturated/α-hetero) is 1. The van der Waals surface area contributed by atoms with Crippen molar-refractivity contribution in [3.63, 3.8) is 0 Å². The lowest BCUT2D eigenvalue weighted by atomic mass is 9.93. The molecule has 2 atom stereocenters. The maximum atomic E-state index is 11.4. The maximum Gasteiger partial charge on any atom is 0.316 e. The first-order chi connectivity index (χ1) is 6.70. The van der Waals surface area contributed by atoms with E-state index in [1.807, 2.05) is 22.6 Å². The molecule has 2 unspecified atom stereocenters. The molecule has 3 nitrogen and oxygen atoms in total. The Balaban J connectivity index is 2.69. The second-order valence-corrected chi connectivity index (χ2v) is 3.78. The van der Waals surface area contributed by atoms with Crippen LogP contribution in [0.4, 0.5) is 0 Å². The lowest BCUT2D eigenvalue weighted by molar-refractivity contribution is -0.149. The molecule has 1 aliphatic rings. The predicted octanol–water partition coefficient (Wildman–Crippen LogP) is 1.54. The standard InChI is InChI=1S/C10H11IO3/c1-14-10(13)9-7(3-2-6-11)4-5-8(9)12/h7,9H,3-5H2,1H3. The molecule has 0 aromatic heterocycles. The first-order valence-electron chi connectivity index (χ1n) is 4.39. The van der Waals surface area contributed by atoms with Gasteiger partial charge < -0.3 is 4.74 Å². The third-order valence-electron chi connectivity index (χ3n) is 2.47. The lowest BCUT2D eigenvalue weighted by Gasteiger charge is -2.12. The Labute approximate surface area is 96.7 Å². The highest BCUT2D eigenvalue weighted by atomic mass is 127. The average Bonchev–Trinajstić information content (AvgIpc) is 2.55. The van der Waals surface area contributed by atoms with Crippen LogP contribution in [0.25, 0.3) is 0 Å². The molecule has 1 saturated carbocycles. The van der Waals surface area contributed by atoms with E-state index in [1.54, 1.807) is 0 Å². The van der Waals surface area contributed by atoms with Gasteiger partial charge in [-0.05, 0) is 16.3 Å². The van der Waals surface area contributed by atoms with Gasteiger partial charge in [0.2, 0.25) is 0 Å². The first kappa shape index (κ1) is 11.5. The van der Waals surface area contributed by atoms with Gasteiger partial charge in [-0.3, -0.25) is 9.59 Å². The number of ketones is 1. The topological polar surface area (TPSA) is 43.4 Å². The van der Waals surface area contributed by atoms with Crippen molar-refractivity contribution in [2.24, 2.45) is 11.8 Å². The second kappa shape index (κ2) is 5.35. The van der Waals surface area contributed by atoms with Crippen molar-refractivity contribution in [2.75, 3.05) is 7.11 Å². The van der Waals surface area contributed by atoms with E-state index in [0.29, 0.717) is 12.8 Å². The van der Waals surface area contributed by atoms with Crippen LogP contribution in [0.3, 0.4) is 0 Å². The predicted molar refractivity (Wildman–Crippen MR) is 59.7 cm³/mol.